The average Bonchev–Trinajstić information content (AvgIpc) is 1.85. The molecule has 0 aromatic carbocycles. The molecule has 0 aliphatic carbocycles. The SMILES string of the molecule is CC=Cc1cc(=O)cc(C)o1. The molecule has 0 radical (unpaired) electrons. The van der Waals surface area contributed by atoms with Gasteiger partial charge in [0.25, 0.3) is 0 Å². The minimum atomic E-state index is -0.0122. The first-order valence-corrected chi connectivity index (χ1v) is 3.47. The molecule has 2 nitrogen and oxygen atoms in total. The fourth-order valence-corrected chi connectivity index (χ4v) is 0.873. The van der Waals surface area contributed by atoms with E-state index in [0.29, 0.717) is 11.5 Å². The van der Waals surface area contributed by atoms with Crippen molar-refractivity contribution in [3.8, 4) is 0 Å². The van der Waals surface area contributed by atoms with Gasteiger partial charge in [0.1, 0.15) is 11.5 Å². The zero-order valence-corrected chi connectivity index (χ0v) is 6.63. The van der Waals surface area contributed by atoms with Gasteiger partial charge in [0.15, 0.2) is 5.43 Å². The fourth-order valence-electron chi connectivity index (χ4n) is 0.873. The van der Waals surface area contributed by atoms with Crippen LogP contribution in [0.2, 0.25) is 0 Å². The molecule has 2 heteroatoms. The molecule has 58 valence electrons. The summed E-state index contributed by atoms with van der Waals surface area (Å²) in [5.41, 5.74) is -0.0122. The highest BCUT2D eigenvalue weighted by molar-refractivity contribution is 5.41. The molecular weight excluding hydrogens is 140 g/mol. The van der Waals surface area contributed by atoms with Crippen LogP contribution in [0.3, 0.4) is 0 Å². The van der Waals surface area contributed by atoms with Crippen molar-refractivity contribution in [2.75, 3.05) is 0 Å². The van der Waals surface area contributed by atoms with Crippen LogP contribution >= 0.6 is 0 Å². The topological polar surface area (TPSA) is 30.2 Å². The maximum atomic E-state index is 10.9. The summed E-state index contributed by atoms with van der Waals surface area (Å²) in [5, 5.41) is 0. The van der Waals surface area contributed by atoms with Gasteiger partial charge in [-0.25, -0.2) is 0 Å². The van der Waals surface area contributed by atoms with Gasteiger partial charge in [0.05, 0.1) is 0 Å². The van der Waals surface area contributed by atoms with Crippen LogP contribution in [-0.2, 0) is 0 Å². The van der Waals surface area contributed by atoms with Crippen molar-refractivity contribution in [2.24, 2.45) is 0 Å². The molecule has 0 aliphatic heterocycles. The Labute approximate surface area is 65.2 Å². The van der Waals surface area contributed by atoms with Crippen molar-refractivity contribution < 1.29 is 4.42 Å². The summed E-state index contributed by atoms with van der Waals surface area (Å²) in [5.74, 6) is 1.25. The Bertz CT molecular complexity index is 321. The highest BCUT2D eigenvalue weighted by Crippen LogP contribution is 2.01. The van der Waals surface area contributed by atoms with Gasteiger partial charge in [0.2, 0.25) is 0 Å². The summed E-state index contributed by atoms with van der Waals surface area (Å²) in [4.78, 5) is 10.9. The lowest BCUT2D eigenvalue weighted by molar-refractivity contribution is 0.505. The van der Waals surface area contributed by atoms with E-state index in [1.165, 1.54) is 12.1 Å². The van der Waals surface area contributed by atoms with E-state index >= 15 is 0 Å². The molecule has 0 saturated heterocycles. The Morgan fingerprint density at radius 1 is 1.45 bits per heavy atom. The van der Waals surface area contributed by atoms with Crippen molar-refractivity contribution in [2.45, 2.75) is 13.8 Å². The Morgan fingerprint density at radius 2 is 2.18 bits per heavy atom. The van der Waals surface area contributed by atoms with Crippen molar-refractivity contribution in [3.63, 3.8) is 0 Å². The van der Waals surface area contributed by atoms with Gasteiger partial charge in [-0.3, -0.25) is 4.79 Å². The number of hydrogen-bond donors (Lipinski definition) is 0. The molecule has 0 aliphatic rings. The molecule has 0 atom stereocenters. The molecule has 1 aromatic rings. The second kappa shape index (κ2) is 3.19. The van der Waals surface area contributed by atoms with Crippen molar-refractivity contribution in [1.29, 1.82) is 0 Å². The molecule has 1 rings (SSSR count). The smallest absolute Gasteiger partial charge is 0.185 e. The van der Waals surface area contributed by atoms with Gasteiger partial charge >= 0.3 is 0 Å². The molecule has 0 unspecified atom stereocenters. The largest absolute Gasteiger partial charge is 0.462 e. The molecule has 0 fully saturated rings. The molecule has 1 heterocycles. The predicted molar refractivity (Wildman–Crippen MR) is 44.4 cm³/mol. The highest BCUT2D eigenvalue weighted by atomic mass is 16.3. The van der Waals surface area contributed by atoms with Crippen LogP contribution in [0, 0.1) is 6.92 Å². The zero-order chi connectivity index (χ0) is 8.27. The lowest BCUT2D eigenvalue weighted by Gasteiger charge is -1.93. The summed E-state index contributed by atoms with van der Waals surface area (Å²) in [6.07, 6.45) is 3.59. The Kier molecular flexibility index (Phi) is 2.26. The second-order valence-corrected chi connectivity index (χ2v) is 2.31. The molecule has 0 amide bonds. The molecule has 1 aromatic heterocycles. The van der Waals surface area contributed by atoms with Crippen LogP contribution < -0.4 is 5.43 Å². The quantitative estimate of drug-likeness (QED) is 0.612. The van der Waals surface area contributed by atoms with Crippen LogP contribution in [-0.4, -0.2) is 0 Å². The van der Waals surface area contributed by atoms with E-state index in [9.17, 15) is 4.79 Å². The summed E-state index contributed by atoms with van der Waals surface area (Å²) in [7, 11) is 0. The molecule has 0 spiro atoms. The second-order valence-electron chi connectivity index (χ2n) is 2.31. The Hall–Kier alpha value is -1.31. The van der Waals surface area contributed by atoms with Gasteiger partial charge in [-0.1, -0.05) is 6.08 Å². The van der Waals surface area contributed by atoms with E-state index in [4.69, 9.17) is 4.42 Å². The van der Waals surface area contributed by atoms with Gasteiger partial charge < -0.3 is 4.42 Å². The van der Waals surface area contributed by atoms with Crippen LogP contribution in [0.4, 0.5) is 0 Å². The maximum absolute atomic E-state index is 10.9. The number of allylic oxidation sites excluding steroid dienone is 1. The molecule has 11 heavy (non-hydrogen) atoms. The van der Waals surface area contributed by atoms with Crippen LogP contribution in [0.25, 0.3) is 6.08 Å². The van der Waals surface area contributed by atoms with Crippen molar-refractivity contribution >= 4 is 6.08 Å². The Morgan fingerprint density at radius 3 is 2.73 bits per heavy atom. The lowest BCUT2D eigenvalue weighted by atomic mass is 10.3. The first-order chi connectivity index (χ1) is 5.22. The minimum Gasteiger partial charge on any atom is -0.462 e. The number of aryl methyl sites for hydroxylation is 1. The highest BCUT2D eigenvalue weighted by Gasteiger charge is 1.92. The van der Waals surface area contributed by atoms with Crippen LogP contribution in [0.5, 0.6) is 0 Å². The minimum absolute atomic E-state index is 0.0122. The van der Waals surface area contributed by atoms with E-state index in [1.807, 2.05) is 13.0 Å². The third-order valence-corrected chi connectivity index (χ3v) is 1.24. The first-order valence-electron chi connectivity index (χ1n) is 3.47. The third-order valence-electron chi connectivity index (χ3n) is 1.24. The van der Waals surface area contributed by atoms with E-state index in [2.05, 4.69) is 0 Å². The van der Waals surface area contributed by atoms with E-state index in [0.717, 1.165) is 0 Å². The van der Waals surface area contributed by atoms with Gasteiger partial charge in [-0.2, -0.15) is 0 Å². The normalized spacial score (nSPS) is 10.7. The summed E-state index contributed by atoms with van der Waals surface area (Å²) >= 11 is 0. The van der Waals surface area contributed by atoms with Gasteiger partial charge in [0, 0.05) is 12.1 Å². The van der Waals surface area contributed by atoms with E-state index in [-0.39, 0.29) is 5.43 Å². The van der Waals surface area contributed by atoms with E-state index < -0.39 is 0 Å². The number of hydrogen-bond acceptors (Lipinski definition) is 2. The van der Waals surface area contributed by atoms with Crippen molar-refractivity contribution in [3.05, 3.63) is 40.0 Å². The van der Waals surface area contributed by atoms with Crippen LogP contribution in [0.1, 0.15) is 18.4 Å². The number of rotatable bonds is 1. The summed E-state index contributed by atoms with van der Waals surface area (Å²) in [6.45, 7) is 3.64. The predicted octanol–water partition coefficient (Wildman–Crippen LogP) is 1.98. The average molecular weight is 150 g/mol. The first kappa shape index (κ1) is 7.79. The fraction of sp³-hybridized carbons (Fsp3) is 0.222. The maximum Gasteiger partial charge on any atom is 0.185 e. The third kappa shape index (κ3) is 2.08. The van der Waals surface area contributed by atoms with Crippen molar-refractivity contribution in [1.82, 2.24) is 0 Å². The zero-order valence-electron chi connectivity index (χ0n) is 6.63. The molecule has 0 saturated carbocycles. The molecule has 0 bridgehead atoms. The van der Waals surface area contributed by atoms with Crippen LogP contribution in [0.15, 0.2) is 27.4 Å². The lowest BCUT2D eigenvalue weighted by Crippen LogP contribution is -1.97. The van der Waals surface area contributed by atoms with E-state index in [1.54, 1.807) is 13.0 Å². The van der Waals surface area contributed by atoms with Gasteiger partial charge in [-0.05, 0) is 19.9 Å². The van der Waals surface area contributed by atoms with Gasteiger partial charge in [-0.15, -0.1) is 0 Å². The standard InChI is InChI=1S/C9H10O2/c1-3-4-9-6-8(10)5-7(2)11-9/h3-6H,1-2H3. The summed E-state index contributed by atoms with van der Waals surface area (Å²) in [6, 6.07) is 2.93. The summed E-state index contributed by atoms with van der Waals surface area (Å²) < 4.78 is 5.21. The molecule has 0 N–H and O–H groups in total. The Balaban J connectivity index is 3.19. The molecular formula is C9H10O2. The monoisotopic (exact) mass is 150 g/mol.